The van der Waals surface area contributed by atoms with Crippen molar-refractivity contribution in [2.45, 2.75) is 19.3 Å². The van der Waals surface area contributed by atoms with Crippen LogP contribution in [0.3, 0.4) is 0 Å². The first-order valence-corrected chi connectivity index (χ1v) is 9.21. The number of halogens is 1. The van der Waals surface area contributed by atoms with Gasteiger partial charge in [0.1, 0.15) is 0 Å². The van der Waals surface area contributed by atoms with Gasteiger partial charge in [-0.2, -0.15) is 0 Å². The molecule has 1 saturated carbocycles. The fourth-order valence-corrected chi connectivity index (χ4v) is 3.04. The normalized spacial score (nSPS) is 17.9. The molecule has 0 aromatic heterocycles. The fraction of sp³-hybridized carbons (Fsp3) is 0.611. The maximum absolute atomic E-state index is 12.2. The molecular weight excluding hydrogens is 326 g/mol. The van der Waals surface area contributed by atoms with Crippen LogP contribution >= 0.6 is 11.6 Å². The summed E-state index contributed by atoms with van der Waals surface area (Å²) in [5.41, 5.74) is 1.12. The largest absolute Gasteiger partial charge is 0.381 e. The summed E-state index contributed by atoms with van der Waals surface area (Å²) >= 11 is 6.05. The molecule has 6 heteroatoms. The molecule has 1 aromatic carbocycles. The number of anilines is 1. The standard InChI is InChI=1S/C18H26ClN3O2/c19-16-3-1-4-17(13-16)21-8-10-22(11-9-21)18(23)20-7-2-12-24-14-15-5-6-15/h1,3-4,13,15H,2,5-12,14H2,(H,20,23). The molecule has 1 heterocycles. The molecule has 2 fully saturated rings. The number of carbonyl (C=O) groups is 1. The van der Waals surface area contributed by atoms with E-state index in [4.69, 9.17) is 16.3 Å². The van der Waals surface area contributed by atoms with Crippen molar-refractivity contribution < 1.29 is 9.53 Å². The van der Waals surface area contributed by atoms with Gasteiger partial charge in [-0.15, -0.1) is 0 Å². The molecule has 2 aliphatic rings. The zero-order valence-corrected chi connectivity index (χ0v) is 14.8. The maximum atomic E-state index is 12.2. The minimum atomic E-state index is 0.0305. The third kappa shape index (κ3) is 5.28. The number of nitrogens with one attached hydrogen (secondary N) is 1. The van der Waals surface area contributed by atoms with E-state index in [1.807, 2.05) is 23.1 Å². The molecule has 1 N–H and O–H groups in total. The van der Waals surface area contributed by atoms with Crippen LogP contribution in [-0.4, -0.2) is 56.9 Å². The van der Waals surface area contributed by atoms with Gasteiger partial charge in [0.05, 0.1) is 0 Å². The monoisotopic (exact) mass is 351 g/mol. The van der Waals surface area contributed by atoms with Crippen molar-refractivity contribution in [3.8, 4) is 0 Å². The van der Waals surface area contributed by atoms with Gasteiger partial charge in [-0.25, -0.2) is 4.79 Å². The second-order valence-electron chi connectivity index (χ2n) is 6.56. The molecule has 0 spiro atoms. The van der Waals surface area contributed by atoms with Gasteiger partial charge in [0, 0.05) is 56.6 Å². The molecule has 0 unspecified atom stereocenters. The van der Waals surface area contributed by atoms with Crippen LogP contribution in [0.15, 0.2) is 24.3 Å². The Kier molecular flexibility index (Phi) is 6.21. The van der Waals surface area contributed by atoms with Crippen molar-refractivity contribution in [3.05, 3.63) is 29.3 Å². The molecule has 2 amide bonds. The molecule has 1 aromatic rings. The summed E-state index contributed by atoms with van der Waals surface area (Å²) in [7, 11) is 0. The molecule has 0 bridgehead atoms. The summed E-state index contributed by atoms with van der Waals surface area (Å²) in [4.78, 5) is 16.3. The zero-order valence-electron chi connectivity index (χ0n) is 14.0. The van der Waals surface area contributed by atoms with Crippen molar-refractivity contribution in [3.63, 3.8) is 0 Å². The Labute approximate surface area is 148 Å². The Morgan fingerprint density at radius 2 is 2.04 bits per heavy atom. The van der Waals surface area contributed by atoms with Gasteiger partial charge in [0.25, 0.3) is 0 Å². The molecule has 0 radical (unpaired) electrons. The second-order valence-corrected chi connectivity index (χ2v) is 6.99. The Bertz CT molecular complexity index is 543. The topological polar surface area (TPSA) is 44.8 Å². The van der Waals surface area contributed by atoms with Crippen LogP contribution in [-0.2, 0) is 4.74 Å². The highest BCUT2D eigenvalue weighted by molar-refractivity contribution is 6.30. The molecule has 0 atom stereocenters. The number of amides is 2. The third-order valence-corrected chi connectivity index (χ3v) is 4.77. The number of carbonyl (C=O) groups excluding carboxylic acids is 1. The molecule has 3 rings (SSSR count). The Morgan fingerprint density at radius 3 is 2.75 bits per heavy atom. The van der Waals surface area contributed by atoms with E-state index >= 15 is 0 Å². The first kappa shape index (κ1) is 17.4. The number of benzene rings is 1. The Balaban J connectivity index is 1.31. The lowest BCUT2D eigenvalue weighted by molar-refractivity contribution is 0.121. The summed E-state index contributed by atoms with van der Waals surface area (Å²) in [6.45, 7) is 5.43. The molecular formula is C18H26ClN3O2. The predicted molar refractivity (Wildman–Crippen MR) is 96.8 cm³/mol. The lowest BCUT2D eigenvalue weighted by Gasteiger charge is -2.36. The average molecular weight is 352 g/mol. The fourth-order valence-electron chi connectivity index (χ4n) is 2.86. The number of piperazine rings is 1. The summed E-state index contributed by atoms with van der Waals surface area (Å²) in [5.74, 6) is 0.801. The van der Waals surface area contributed by atoms with E-state index in [-0.39, 0.29) is 6.03 Å². The van der Waals surface area contributed by atoms with Crippen LogP contribution in [0.2, 0.25) is 5.02 Å². The van der Waals surface area contributed by atoms with Crippen molar-refractivity contribution in [2.24, 2.45) is 5.92 Å². The minimum Gasteiger partial charge on any atom is -0.381 e. The number of rotatable bonds is 7. The highest BCUT2D eigenvalue weighted by Crippen LogP contribution is 2.28. The van der Waals surface area contributed by atoms with Crippen LogP contribution < -0.4 is 10.2 Å². The highest BCUT2D eigenvalue weighted by Gasteiger charge is 2.22. The number of nitrogens with zero attached hydrogens (tertiary/aromatic N) is 2. The van der Waals surface area contributed by atoms with Crippen LogP contribution in [0.1, 0.15) is 19.3 Å². The summed E-state index contributed by atoms with van der Waals surface area (Å²) in [5, 5.41) is 3.73. The number of urea groups is 1. The Morgan fingerprint density at radius 1 is 1.25 bits per heavy atom. The molecule has 1 aliphatic carbocycles. The number of hydrogen-bond acceptors (Lipinski definition) is 3. The smallest absolute Gasteiger partial charge is 0.317 e. The van der Waals surface area contributed by atoms with Crippen LogP contribution in [0, 0.1) is 5.92 Å². The van der Waals surface area contributed by atoms with Crippen LogP contribution in [0.4, 0.5) is 10.5 Å². The first-order chi connectivity index (χ1) is 11.7. The summed E-state index contributed by atoms with van der Waals surface area (Å²) in [6, 6.07) is 7.90. The third-order valence-electron chi connectivity index (χ3n) is 4.53. The molecule has 1 aliphatic heterocycles. The second kappa shape index (κ2) is 8.58. The summed E-state index contributed by atoms with van der Waals surface area (Å²) in [6.07, 6.45) is 3.51. The van der Waals surface area contributed by atoms with E-state index in [1.54, 1.807) is 0 Å². The van der Waals surface area contributed by atoms with Crippen LogP contribution in [0.5, 0.6) is 0 Å². The van der Waals surface area contributed by atoms with Crippen molar-refractivity contribution >= 4 is 23.3 Å². The van der Waals surface area contributed by atoms with E-state index in [1.165, 1.54) is 12.8 Å². The molecule has 5 nitrogen and oxygen atoms in total. The predicted octanol–water partition coefficient (Wildman–Crippen LogP) is 2.99. The summed E-state index contributed by atoms with van der Waals surface area (Å²) < 4.78 is 5.58. The van der Waals surface area contributed by atoms with E-state index in [9.17, 15) is 4.79 Å². The van der Waals surface area contributed by atoms with Gasteiger partial charge >= 0.3 is 6.03 Å². The zero-order chi connectivity index (χ0) is 16.8. The van der Waals surface area contributed by atoms with E-state index in [0.717, 1.165) is 62.4 Å². The van der Waals surface area contributed by atoms with E-state index in [2.05, 4.69) is 16.3 Å². The van der Waals surface area contributed by atoms with Crippen LogP contribution in [0.25, 0.3) is 0 Å². The molecule has 1 saturated heterocycles. The van der Waals surface area contributed by atoms with Gasteiger partial charge in [0.2, 0.25) is 0 Å². The Hall–Kier alpha value is -1.46. The molecule has 24 heavy (non-hydrogen) atoms. The van der Waals surface area contributed by atoms with Gasteiger partial charge in [-0.05, 0) is 43.4 Å². The van der Waals surface area contributed by atoms with Gasteiger partial charge in [-0.3, -0.25) is 0 Å². The van der Waals surface area contributed by atoms with Gasteiger partial charge in [0.15, 0.2) is 0 Å². The SMILES string of the molecule is O=C(NCCCOCC1CC1)N1CCN(c2cccc(Cl)c2)CC1. The number of ether oxygens (including phenoxy) is 1. The average Bonchev–Trinajstić information content (AvgIpc) is 3.42. The maximum Gasteiger partial charge on any atom is 0.317 e. The van der Waals surface area contributed by atoms with Gasteiger partial charge < -0.3 is 19.9 Å². The van der Waals surface area contributed by atoms with Gasteiger partial charge in [-0.1, -0.05) is 17.7 Å². The quantitative estimate of drug-likeness (QED) is 0.768. The number of hydrogen-bond donors (Lipinski definition) is 1. The van der Waals surface area contributed by atoms with E-state index in [0.29, 0.717) is 6.54 Å². The van der Waals surface area contributed by atoms with Crippen molar-refractivity contribution in [1.82, 2.24) is 10.2 Å². The van der Waals surface area contributed by atoms with Crippen molar-refractivity contribution in [1.29, 1.82) is 0 Å². The first-order valence-electron chi connectivity index (χ1n) is 8.83. The molecule has 132 valence electrons. The highest BCUT2D eigenvalue weighted by atomic mass is 35.5. The lowest BCUT2D eigenvalue weighted by atomic mass is 10.2. The lowest BCUT2D eigenvalue weighted by Crippen LogP contribution is -2.52. The van der Waals surface area contributed by atoms with E-state index < -0.39 is 0 Å². The minimum absolute atomic E-state index is 0.0305. The van der Waals surface area contributed by atoms with Crippen molar-refractivity contribution in [2.75, 3.05) is 50.8 Å².